The zero-order valence-corrected chi connectivity index (χ0v) is 23.6. The lowest BCUT2D eigenvalue weighted by molar-refractivity contribution is -0.132. The van der Waals surface area contributed by atoms with Crippen LogP contribution in [0.3, 0.4) is 0 Å². The predicted molar refractivity (Wildman–Crippen MR) is 156 cm³/mol. The van der Waals surface area contributed by atoms with E-state index in [9.17, 15) is 14.7 Å². The average molecular weight is 559 g/mol. The van der Waals surface area contributed by atoms with Crippen molar-refractivity contribution in [3.05, 3.63) is 82.9 Å². The molecule has 206 valence electrons. The van der Waals surface area contributed by atoms with Crippen LogP contribution >= 0.6 is 11.3 Å². The Labute approximate surface area is 236 Å². The van der Waals surface area contributed by atoms with Crippen LogP contribution in [-0.2, 0) is 9.59 Å². The molecule has 1 amide bonds. The molecule has 0 spiro atoms. The van der Waals surface area contributed by atoms with Crippen LogP contribution in [0.15, 0.2) is 66.2 Å². The van der Waals surface area contributed by atoms with E-state index < -0.39 is 17.7 Å². The van der Waals surface area contributed by atoms with Crippen molar-refractivity contribution in [1.82, 2.24) is 4.98 Å². The van der Waals surface area contributed by atoms with E-state index in [0.29, 0.717) is 40.1 Å². The molecule has 2 heterocycles. The summed E-state index contributed by atoms with van der Waals surface area (Å²) in [6.07, 6.45) is 1.88. The van der Waals surface area contributed by atoms with Gasteiger partial charge < -0.3 is 19.3 Å². The molecule has 1 unspecified atom stereocenters. The number of methoxy groups -OCH3 is 2. The SMILES string of the molecule is CCCCOc1ccc(C2C(=C(O)c3cccc(OC)c3)C(=O)C(=O)N2c2nc3ccc(C)cc3s2)cc1OC. The van der Waals surface area contributed by atoms with Crippen LogP contribution < -0.4 is 19.1 Å². The highest BCUT2D eigenvalue weighted by Gasteiger charge is 2.48. The Morgan fingerprint density at radius 3 is 2.60 bits per heavy atom. The standard InChI is InChI=1S/C31H30N2O6S/c1-5-6-14-39-23-13-11-19(17-24(23)38-4)27-26(28(34)20-8-7-9-21(16-20)37-3)29(35)30(36)33(27)31-32-22-12-10-18(2)15-25(22)40-31/h7-13,15-17,27,34H,5-6,14H2,1-4H3. The summed E-state index contributed by atoms with van der Waals surface area (Å²) in [5, 5.41) is 11.8. The van der Waals surface area contributed by atoms with E-state index in [4.69, 9.17) is 19.2 Å². The number of Topliss-reactive ketones (excluding diaryl/α,β-unsaturated/α-hetero) is 1. The number of aliphatic hydroxyl groups is 1. The molecule has 9 heteroatoms. The second-order valence-corrected chi connectivity index (χ2v) is 10.5. The van der Waals surface area contributed by atoms with E-state index in [0.717, 1.165) is 28.6 Å². The van der Waals surface area contributed by atoms with Gasteiger partial charge in [-0.2, -0.15) is 0 Å². The summed E-state index contributed by atoms with van der Waals surface area (Å²) < 4.78 is 17.7. The first-order chi connectivity index (χ1) is 19.4. The van der Waals surface area contributed by atoms with E-state index in [1.807, 2.05) is 25.1 Å². The minimum Gasteiger partial charge on any atom is -0.507 e. The van der Waals surface area contributed by atoms with E-state index in [1.165, 1.54) is 30.5 Å². The number of aryl methyl sites for hydroxylation is 1. The lowest BCUT2D eigenvalue weighted by Crippen LogP contribution is -2.29. The van der Waals surface area contributed by atoms with Gasteiger partial charge in [0.05, 0.1) is 42.7 Å². The van der Waals surface area contributed by atoms with Gasteiger partial charge in [0, 0.05) is 5.56 Å². The number of rotatable bonds is 9. The molecule has 0 saturated carbocycles. The van der Waals surface area contributed by atoms with E-state index in [1.54, 1.807) is 42.5 Å². The molecule has 1 N–H and O–H groups in total. The van der Waals surface area contributed by atoms with E-state index >= 15 is 0 Å². The Hall–Kier alpha value is -4.37. The zero-order valence-electron chi connectivity index (χ0n) is 22.8. The molecular weight excluding hydrogens is 528 g/mol. The maximum absolute atomic E-state index is 13.6. The molecule has 5 rings (SSSR count). The first-order valence-electron chi connectivity index (χ1n) is 13.0. The summed E-state index contributed by atoms with van der Waals surface area (Å²) >= 11 is 1.32. The first-order valence-corrected chi connectivity index (χ1v) is 13.8. The molecule has 1 aliphatic heterocycles. The quantitative estimate of drug-likeness (QED) is 0.109. The molecule has 1 fully saturated rings. The third-order valence-electron chi connectivity index (χ3n) is 6.79. The van der Waals surface area contributed by atoms with Crippen LogP contribution in [0.25, 0.3) is 16.0 Å². The number of fused-ring (bicyclic) bond motifs is 1. The van der Waals surface area contributed by atoms with Gasteiger partial charge in [-0.1, -0.05) is 48.9 Å². The van der Waals surface area contributed by atoms with Gasteiger partial charge in [-0.3, -0.25) is 14.5 Å². The van der Waals surface area contributed by atoms with Gasteiger partial charge in [-0.25, -0.2) is 4.98 Å². The van der Waals surface area contributed by atoms with Gasteiger partial charge in [-0.15, -0.1) is 0 Å². The van der Waals surface area contributed by atoms with Gasteiger partial charge in [0.15, 0.2) is 16.6 Å². The first kappa shape index (κ1) is 27.2. The summed E-state index contributed by atoms with van der Waals surface area (Å²) in [5.74, 6) is -0.355. The van der Waals surface area contributed by atoms with Gasteiger partial charge >= 0.3 is 5.91 Å². The van der Waals surface area contributed by atoms with Crippen LogP contribution in [0.4, 0.5) is 5.13 Å². The number of benzene rings is 3. The normalized spacial score (nSPS) is 16.5. The van der Waals surface area contributed by atoms with Crippen molar-refractivity contribution in [1.29, 1.82) is 0 Å². The third kappa shape index (κ3) is 5.00. The highest BCUT2D eigenvalue weighted by Crippen LogP contribution is 2.46. The largest absolute Gasteiger partial charge is 0.507 e. The summed E-state index contributed by atoms with van der Waals surface area (Å²) in [6, 6.07) is 16.9. The van der Waals surface area contributed by atoms with E-state index in [-0.39, 0.29) is 11.3 Å². The van der Waals surface area contributed by atoms with Crippen molar-refractivity contribution in [2.45, 2.75) is 32.7 Å². The molecule has 1 aliphatic rings. The Morgan fingerprint density at radius 2 is 1.85 bits per heavy atom. The highest BCUT2D eigenvalue weighted by atomic mass is 32.1. The summed E-state index contributed by atoms with van der Waals surface area (Å²) in [7, 11) is 3.05. The molecule has 40 heavy (non-hydrogen) atoms. The van der Waals surface area contributed by atoms with Crippen molar-refractivity contribution < 1.29 is 28.9 Å². The Kier molecular flexibility index (Phi) is 7.75. The van der Waals surface area contributed by atoms with Crippen molar-refractivity contribution >= 4 is 44.1 Å². The highest BCUT2D eigenvalue weighted by molar-refractivity contribution is 7.22. The molecule has 1 saturated heterocycles. The second-order valence-electron chi connectivity index (χ2n) is 9.48. The topological polar surface area (TPSA) is 98.2 Å². The van der Waals surface area contributed by atoms with Gasteiger partial charge in [0.1, 0.15) is 11.5 Å². The fourth-order valence-electron chi connectivity index (χ4n) is 4.69. The van der Waals surface area contributed by atoms with Crippen LogP contribution in [0, 0.1) is 6.92 Å². The van der Waals surface area contributed by atoms with Crippen LogP contribution in [0.5, 0.6) is 17.2 Å². The number of hydrogen-bond donors (Lipinski definition) is 1. The molecule has 1 atom stereocenters. The summed E-state index contributed by atoms with van der Waals surface area (Å²) in [5.41, 5.74) is 2.65. The number of carbonyl (C=O) groups excluding carboxylic acids is 2. The molecule has 0 radical (unpaired) electrons. The zero-order chi connectivity index (χ0) is 28.4. The number of ether oxygens (including phenoxy) is 3. The number of anilines is 1. The number of hydrogen-bond acceptors (Lipinski definition) is 8. The minimum absolute atomic E-state index is 0.0459. The van der Waals surface area contributed by atoms with Crippen molar-refractivity contribution in [3.63, 3.8) is 0 Å². The summed E-state index contributed by atoms with van der Waals surface area (Å²) in [4.78, 5) is 33.3. The Morgan fingerprint density at radius 1 is 1.02 bits per heavy atom. The average Bonchev–Trinajstić information content (AvgIpc) is 3.50. The molecule has 0 bridgehead atoms. The molecule has 8 nitrogen and oxygen atoms in total. The smallest absolute Gasteiger partial charge is 0.301 e. The molecule has 3 aromatic carbocycles. The van der Waals surface area contributed by atoms with Crippen LogP contribution in [0.1, 0.15) is 42.5 Å². The molecule has 1 aromatic heterocycles. The maximum atomic E-state index is 13.6. The Balaban J connectivity index is 1.69. The molecular formula is C31H30N2O6S. The maximum Gasteiger partial charge on any atom is 0.301 e. The number of aliphatic hydroxyl groups excluding tert-OH is 1. The minimum atomic E-state index is -0.952. The monoisotopic (exact) mass is 558 g/mol. The number of nitrogens with zero attached hydrogens (tertiary/aromatic N) is 2. The van der Waals surface area contributed by atoms with Gasteiger partial charge in [0.25, 0.3) is 5.78 Å². The van der Waals surface area contributed by atoms with Crippen molar-refractivity contribution in [2.24, 2.45) is 0 Å². The van der Waals surface area contributed by atoms with Gasteiger partial charge in [-0.05, 0) is 60.9 Å². The Bertz CT molecular complexity index is 1630. The number of aromatic nitrogens is 1. The lowest BCUT2D eigenvalue weighted by Gasteiger charge is -2.24. The summed E-state index contributed by atoms with van der Waals surface area (Å²) in [6.45, 7) is 4.60. The number of amides is 1. The van der Waals surface area contributed by atoms with E-state index in [2.05, 4.69) is 6.92 Å². The fraction of sp³-hybridized carbons (Fsp3) is 0.258. The second kappa shape index (κ2) is 11.4. The van der Waals surface area contributed by atoms with Crippen LogP contribution in [0.2, 0.25) is 0 Å². The van der Waals surface area contributed by atoms with Crippen molar-refractivity contribution in [2.75, 3.05) is 25.7 Å². The predicted octanol–water partition coefficient (Wildman–Crippen LogP) is 6.43. The molecule has 0 aliphatic carbocycles. The van der Waals surface area contributed by atoms with Gasteiger partial charge in [0.2, 0.25) is 0 Å². The number of carbonyl (C=O) groups is 2. The lowest BCUT2D eigenvalue weighted by atomic mass is 9.95. The molecule has 4 aromatic rings. The fourth-order valence-corrected chi connectivity index (χ4v) is 5.78. The third-order valence-corrected chi connectivity index (χ3v) is 7.80. The number of unbranched alkanes of at least 4 members (excludes halogenated alkanes) is 1. The number of ketones is 1. The van der Waals surface area contributed by atoms with Crippen LogP contribution in [-0.4, -0.2) is 42.6 Å². The van der Waals surface area contributed by atoms with Crippen molar-refractivity contribution in [3.8, 4) is 17.2 Å². The number of thiazole rings is 1.